The summed E-state index contributed by atoms with van der Waals surface area (Å²) in [5, 5.41) is 4.79. The second-order valence-corrected chi connectivity index (χ2v) is 7.77. The fraction of sp³-hybridized carbons (Fsp3) is 0.115. The summed E-state index contributed by atoms with van der Waals surface area (Å²) in [6, 6.07) is 24.4. The predicted octanol–water partition coefficient (Wildman–Crippen LogP) is 5.77. The number of nitrogens with one attached hydrogen (secondary N) is 1. The minimum Gasteiger partial charge on any atom is -0.351 e. The van der Waals surface area contributed by atoms with Gasteiger partial charge in [-0.05, 0) is 60.5 Å². The summed E-state index contributed by atoms with van der Waals surface area (Å²) in [7, 11) is 1.99. The maximum Gasteiger partial charge on any atom is 0.272 e. The number of hydrogen-bond donors (Lipinski definition) is 1. The van der Waals surface area contributed by atoms with Crippen LogP contribution in [0.2, 0.25) is 0 Å². The molecule has 31 heavy (non-hydrogen) atoms. The molecule has 0 unspecified atom stereocenters. The molecule has 1 N–H and O–H groups in total. The Morgan fingerprint density at radius 1 is 0.903 bits per heavy atom. The normalized spacial score (nSPS) is 11.3. The topological polar surface area (TPSA) is 39.0 Å². The first-order chi connectivity index (χ1) is 15.1. The third-order valence-electron chi connectivity index (χ3n) is 5.71. The summed E-state index contributed by atoms with van der Waals surface area (Å²) in [6.07, 6.45) is 2.77. The van der Waals surface area contributed by atoms with Gasteiger partial charge in [0.2, 0.25) is 0 Å². The highest BCUT2D eigenvalue weighted by atomic mass is 19.1. The van der Waals surface area contributed by atoms with Crippen molar-refractivity contribution in [3.63, 3.8) is 0 Å². The second kappa shape index (κ2) is 7.76. The Labute approximate surface area is 179 Å². The van der Waals surface area contributed by atoms with Crippen molar-refractivity contribution in [2.24, 2.45) is 7.05 Å². The van der Waals surface area contributed by atoms with Gasteiger partial charge in [-0.1, -0.05) is 30.3 Å². The first kappa shape index (κ1) is 19.1. The minimum atomic E-state index is -0.311. The van der Waals surface area contributed by atoms with E-state index < -0.39 is 0 Å². The van der Waals surface area contributed by atoms with Crippen molar-refractivity contribution in [3.8, 4) is 0 Å². The van der Waals surface area contributed by atoms with Crippen LogP contribution in [-0.4, -0.2) is 15.0 Å². The van der Waals surface area contributed by atoms with Crippen molar-refractivity contribution in [1.29, 1.82) is 0 Å². The molecule has 1 amide bonds. The van der Waals surface area contributed by atoms with Crippen molar-refractivity contribution < 1.29 is 9.18 Å². The van der Waals surface area contributed by atoms with Crippen LogP contribution in [0.5, 0.6) is 0 Å². The number of rotatable bonds is 5. The number of carbonyl (C=O) groups excluding carboxylic acids is 1. The number of benzene rings is 3. The van der Waals surface area contributed by atoms with E-state index in [-0.39, 0.29) is 11.7 Å². The average Bonchev–Trinajstić information content (AvgIpc) is 3.32. The molecule has 3 aromatic carbocycles. The van der Waals surface area contributed by atoms with Crippen LogP contribution in [0.4, 0.5) is 10.1 Å². The van der Waals surface area contributed by atoms with Crippen molar-refractivity contribution >= 4 is 33.4 Å². The van der Waals surface area contributed by atoms with E-state index in [0.29, 0.717) is 12.2 Å². The van der Waals surface area contributed by atoms with E-state index in [1.54, 1.807) is 12.1 Å². The van der Waals surface area contributed by atoms with Gasteiger partial charge in [0.05, 0.1) is 0 Å². The number of aryl methyl sites for hydroxylation is 3. The van der Waals surface area contributed by atoms with Crippen molar-refractivity contribution in [3.05, 3.63) is 102 Å². The molecule has 5 heteroatoms. The van der Waals surface area contributed by atoms with Gasteiger partial charge < -0.3 is 14.5 Å². The van der Waals surface area contributed by atoms with Crippen LogP contribution in [0.3, 0.4) is 0 Å². The highest BCUT2D eigenvalue weighted by Crippen LogP contribution is 2.24. The maximum atomic E-state index is 13.8. The second-order valence-electron chi connectivity index (χ2n) is 7.77. The zero-order valence-electron chi connectivity index (χ0n) is 17.2. The van der Waals surface area contributed by atoms with Crippen LogP contribution in [0.1, 0.15) is 16.1 Å². The lowest BCUT2D eigenvalue weighted by atomic mass is 10.1. The van der Waals surface area contributed by atoms with Crippen LogP contribution < -0.4 is 5.32 Å². The Bertz CT molecular complexity index is 1400. The Kier molecular flexibility index (Phi) is 4.79. The standard InChI is InChI=1S/C26H22FN3O/c1-29-13-12-19-16-22(8-10-23(19)29)28-26(31)25-17-20-15-21(27)7-9-24(20)30(25)14-11-18-5-3-2-4-6-18/h2-10,12-13,15-17H,11,14H2,1H3,(H,28,31). The first-order valence-corrected chi connectivity index (χ1v) is 10.3. The minimum absolute atomic E-state index is 0.208. The molecule has 0 atom stereocenters. The van der Waals surface area contributed by atoms with Gasteiger partial charge in [-0.2, -0.15) is 0 Å². The fourth-order valence-electron chi connectivity index (χ4n) is 4.11. The quantitative estimate of drug-likeness (QED) is 0.392. The molecule has 0 spiro atoms. The molecule has 0 aliphatic rings. The lowest BCUT2D eigenvalue weighted by molar-refractivity contribution is 0.101. The van der Waals surface area contributed by atoms with Crippen molar-refractivity contribution in [2.45, 2.75) is 13.0 Å². The van der Waals surface area contributed by atoms with Crippen molar-refractivity contribution in [1.82, 2.24) is 9.13 Å². The van der Waals surface area contributed by atoms with Gasteiger partial charge in [0.1, 0.15) is 11.5 Å². The molecular formula is C26H22FN3O. The molecule has 2 aromatic heterocycles. The molecule has 0 saturated carbocycles. The fourth-order valence-corrected chi connectivity index (χ4v) is 4.11. The molecule has 0 bridgehead atoms. The average molecular weight is 411 g/mol. The number of fused-ring (bicyclic) bond motifs is 2. The van der Waals surface area contributed by atoms with E-state index in [0.717, 1.165) is 33.9 Å². The van der Waals surface area contributed by atoms with E-state index in [1.807, 2.05) is 64.8 Å². The number of halogens is 1. The van der Waals surface area contributed by atoms with Gasteiger partial charge in [-0.3, -0.25) is 4.79 Å². The van der Waals surface area contributed by atoms with Gasteiger partial charge in [0.25, 0.3) is 5.91 Å². The van der Waals surface area contributed by atoms with E-state index >= 15 is 0 Å². The zero-order valence-corrected chi connectivity index (χ0v) is 17.2. The summed E-state index contributed by atoms with van der Waals surface area (Å²) in [5.74, 6) is -0.519. The molecule has 5 rings (SSSR count). The van der Waals surface area contributed by atoms with Crippen LogP contribution in [0, 0.1) is 5.82 Å². The lowest BCUT2D eigenvalue weighted by Crippen LogP contribution is -2.17. The van der Waals surface area contributed by atoms with Crippen LogP contribution in [0.25, 0.3) is 21.8 Å². The number of aromatic nitrogens is 2. The summed E-state index contributed by atoms with van der Waals surface area (Å²) >= 11 is 0. The summed E-state index contributed by atoms with van der Waals surface area (Å²) < 4.78 is 17.8. The van der Waals surface area contributed by atoms with Crippen LogP contribution in [-0.2, 0) is 20.0 Å². The lowest BCUT2D eigenvalue weighted by Gasteiger charge is -2.12. The highest BCUT2D eigenvalue weighted by molar-refractivity contribution is 6.07. The SMILES string of the molecule is Cn1ccc2cc(NC(=O)c3cc4cc(F)ccc4n3CCc3ccccc3)ccc21. The molecule has 0 saturated heterocycles. The summed E-state index contributed by atoms with van der Waals surface area (Å²) in [6.45, 7) is 0.625. The highest BCUT2D eigenvalue weighted by Gasteiger charge is 2.17. The predicted molar refractivity (Wildman–Crippen MR) is 123 cm³/mol. The third-order valence-corrected chi connectivity index (χ3v) is 5.71. The number of amides is 1. The molecule has 0 fully saturated rings. The Morgan fingerprint density at radius 2 is 1.71 bits per heavy atom. The van der Waals surface area contributed by atoms with Gasteiger partial charge in [-0.15, -0.1) is 0 Å². The third kappa shape index (κ3) is 3.70. The molecule has 5 aromatic rings. The molecule has 0 radical (unpaired) electrons. The number of hydrogen-bond acceptors (Lipinski definition) is 1. The largest absolute Gasteiger partial charge is 0.351 e. The Morgan fingerprint density at radius 3 is 2.55 bits per heavy atom. The number of carbonyl (C=O) groups is 1. The number of anilines is 1. The zero-order chi connectivity index (χ0) is 21.4. The summed E-state index contributed by atoms with van der Waals surface area (Å²) in [5.41, 5.74) is 4.39. The van der Waals surface area contributed by atoms with Crippen molar-refractivity contribution in [2.75, 3.05) is 5.32 Å². The molecule has 4 nitrogen and oxygen atoms in total. The van der Waals surface area contributed by atoms with E-state index in [9.17, 15) is 9.18 Å². The van der Waals surface area contributed by atoms with E-state index in [4.69, 9.17) is 0 Å². The molecular weight excluding hydrogens is 389 g/mol. The number of nitrogens with zero attached hydrogens (tertiary/aromatic N) is 2. The van der Waals surface area contributed by atoms with Gasteiger partial charge >= 0.3 is 0 Å². The smallest absolute Gasteiger partial charge is 0.272 e. The molecule has 0 aliphatic heterocycles. The van der Waals surface area contributed by atoms with Gasteiger partial charge in [0.15, 0.2) is 0 Å². The Balaban J connectivity index is 1.48. The maximum absolute atomic E-state index is 13.8. The van der Waals surface area contributed by atoms with Crippen LogP contribution in [0.15, 0.2) is 85.1 Å². The monoisotopic (exact) mass is 411 g/mol. The van der Waals surface area contributed by atoms with Gasteiger partial charge in [0, 0.05) is 47.3 Å². The molecule has 2 heterocycles. The Hall–Kier alpha value is -3.86. The van der Waals surface area contributed by atoms with Crippen LogP contribution >= 0.6 is 0 Å². The first-order valence-electron chi connectivity index (χ1n) is 10.3. The van der Waals surface area contributed by atoms with Gasteiger partial charge in [-0.25, -0.2) is 4.39 Å². The molecule has 0 aliphatic carbocycles. The van der Waals surface area contributed by atoms with E-state index in [2.05, 4.69) is 17.4 Å². The molecule has 154 valence electrons. The summed E-state index contributed by atoms with van der Waals surface area (Å²) in [4.78, 5) is 13.2. The van der Waals surface area contributed by atoms with E-state index in [1.165, 1.54) is 17.7 Å².